The molecule has 2 aromatic carbocycles. The number of anilines is 1. The highest BCUT2D eigenvalue weighted by Gasteiger charge is 2.10. The van der Waals surface area contributed by atoms with Crippen molar-refractivity contribution in [2.45, 2.75) is 33.2 Å². The molecule has 0 saturated carbocycles. The summed E-state index contributed by atoms with van der Waals surface area (Å²) in [5, 5.41) is 12.6. The Bertz CT molecular complexity index is 638. The van der Waals surface area contributed by atoms with Gasteiger partial charge in [0.25, 0.3) is 0 Å². The highest BCUT2D eigenvalue weighted by molar-refractivity contribution is 5.58. The van der Waals surface area contributed by atoms with Crippen molar-refractivity contribution >= 4 is 5.69 Å². The second kappa shape index (κ2) is 6.25. The zero-order valence-electron chi connectivity index (χ0n) is 12.3. The van der Waals surface area contributed by atoms with Crippen molar-refractivity contribution < 1.29 is 0 Å². The lowest BCUT2D eigenvalue weighted by Crippen LogP contribution is -2.09. The minimum absolute atomic E-state index is 0.176. The van der Waals surface area contributed by atoms with Crippen LogP contribution in [0.15, 0.2) is 42.5 Å². The largest absolute Gasteiger partial charge is 0.378 e. The molecule has 0 aromatic heterocycles. The predicted octanol–water partition coefficient (Wildman–Crippen LogP) is 4.60. The van der Waals surface area contributed by atoms with Gasteiger partial charge in [-0.15, -0.1) is 0 Å². The Labute approximate surface area is 121 Å². The molecular formula is C18H20N2. The zero-order chi connectivity index (χ0) is 14.5. The highest BCUT2D eigenvalue weighted by atomic mass is 14.9. The fourth-order valence-electron chi connectivity index (χ4n) is 2.41. The van der Waals surface area contributed by atoms with Gasteiger partial charge >= 0.3 is 0 Å². The number of aryl methyl sites for hydroxylation is 2. The molecule has 0 aliphatic rings. The summed E-state index contributed by atoms with van der Waals surface area (Å²) in [5.41, 5.74) is 5.64. The molecule has 1 unspecified atom stereocenters. The van der Waals surface area contributed by atoms with Crippen LogP contribution in [0.2, 0.25) is 0 Å². The molecule has 1 atom stereocenters. The quantitative estimate of drug-likeness (QED) is 0.875. The normalized spacial score (nSPS) is 11.7. The monoisotopic (exact) mass is 264 g/mol. The highest BCUT2D eigenvalue weighted by Crippen LogP contribution is 2.26. The van der Waals surface area contributed by atoms with Crippen LogP contribution in [-0.2, 0) is 6.42 Å². The van der Waals surface area contributed by atoms with Gasteiger partial charge in [-0.25, -0.2) is 0 Å². The number of nitrogens with zero attached hydrogens (tertiary/aromatic N) is 1. The van der Waals surface area contributed by atoms with Crippen molar-refractivity contribution in [2.75, 3.05) is 5.32 Å². The van der Waals surface area contributed by atoms with E-state index in [0.29, 0.717) is 5.56 Å². The van der Waals surface area contributed by atoms with Crippen molar-refractivity contribution in [3.8, 4) is 6.07 Å². The fourth-order valence-corrected chi connectivity index (χ4v) is 2.41. The Balaban J connectivity index is 2.28. The van der Waals surface area contributed by atoms with Gasteiger partial charge in [-0.2, -0.15) is 5.26 Å². The summed E-state index contributed by atoms with van der Waals surface area (Å²) in [5.74, 6) is 0. The molecule has 20 heavy (non-hydrogen) atoms. The van der Waals surface area contributed by atoms with Crippen LogP contribution in [0, 0.1) is 18.3 Å². The van der Waals surface area contributed by atoms with Crippen LogP contribution in [0.1, 0.15) is 42.1 Å². The average molecular weight is 264 g/mol. The SMILES string of the molecule is CCc1cccc(C)c1NC(C)c1cccc(C#N)c1. The van der Waals surface area contributed by atoms with Crippen LogP contribution in [-0.4, -0.2) is 0 Å². The van der Waals surface area contributed by atoms with E-state index in [2.05, 4.69) is 56.4 Å². The van der Waals surface area contributed by atoms with Crippen molar-refractivity contribution in [3.63, 3.8) is 0 Å². The second-order valence-corrected chi connectivity index (χ2v) is 5.07. The molecule has 0 heterocycles. The molecule has 0 spiro atoms. The third-order valence-electron chi connectivity index (χ3n) is 3.62. The van der Waals surface area contributed by atoms with Gasteiger partial charge in [0.1, 0.15) is 0 Å². The number of benzene rings is 2. The first-order chi connectivity index (χ1) is 9.65. The van der Waals surface area contributed by atoms with Gasteiger partial charge in [-0.3, -0.25) is 0 Å². The number of nitrogens with one attached hydrogen (secondary N) is 1. The van der Waals surface area contributed by atoms with E-state index < -0.39 is 0 Å². The lowest BCUT2D eigenvalue weighted by Gasteiger charge is -2.20. The summed E-state index contributed by atoms with van der Waals surface area (Å²) < 4.78 is 0. The van der Waals surface area contributed by atoms with Gasteiger partial charge in [0, 0.05) is 11.7 Å². The molecule has 2 nitrogen and oxygen atoms in total. The van der Waals surface area contributed by atoms with Gasteiger partial charge in [0.05, 0.1) is 11.6 Å². The number of hydrogen-bond donors (Lipinski definition) is 1. The van der Waals surface area contributed by atoms with Crippen LogP contribution in [0.3, 0.4) is 0 Å². The van der Waals surface area contributed by atoms with Gasteiger partial charge in [0.2, 0.25) is 0 Å². The fraction of sp³-hybridized carbons (Fsp3) is 0.278. The molecule has 0 saturated heterocycles. The first-order valence-corrected chi connectivity index (χ1v) is 7.00. The predicted molar refractivity (Wildman–Crippen MR) is 83.8 cm³/mol. The molecule has 0 fully saturated rings. The average Bonchev–Trinajstić information content (AvgIpc) is 2.49. The summed E-state index contributed by atoms with van der Waals surface area (Å²) in [6.07, 6.45) is 1.01. The molecule has 0 radical (unpaired) electrons. The molecule has 102 valence electrons. The van der Waals surface area contributed by atoms with Crippen LogP contribution in [0.25, 0.3) is 0 Å². The van der Waals surface area contributed by atoms with E-state index in [9.17, 15) is 0 Å². The van der Waals surface area contributed by atoms with Gasteiger partial charge in [0.15, 0.2) is 0 Å². The maximum Gasteiger partial charge on any atom is 0.0991 e. The molecule has 1 N–H and O–H groups in total. The van der Waals surface area contributed by atoms with Crippen LogP contribution < -0.4 is 5.32 Å². The Morgan fingerprint density at radius 2 is 1.95 bits per heavy atom. The summed E-state index contributed by atoms with van der Waals surface area (Å²) in [4.78, 5) is 0. The molecule has 0 amide bonds. The lowest BCUT2D eigenvalue weighted by atomic mass is 10.0. The van der Waals surface area contributed by atoms with E-state index in [1.165, 1.54) is 16.8 Å². The summed E-state index contributed by atoms with van der Waals surface area (Å²) >= 11 is 0. The smallest absolute Gasteiger partial charge is 0.0991 e. The Kier molecular flexibility index (Phi) is 4.42. The maximum atomic E-state index is 8.99. The van der Waals surface area contributed by atoms with Gasteiger partial charge < -0.3 is 5.32 Å². The molecule has 2 rings (SSSR count). The zero-order valence-corrected chi connectivity index (χ0v) is 12.3. The maximum absolute atomic E-state index is 8.99. The Morgan fingerprint density at radius 3 is 2.65 bits per heavy atom. The standard InChI is InChI=1S/C18H20N2/c1-4-16-9-5-7-13(2)18(16)20-14(3)17-10-6-8-15(11-17)12-19/h5-11,14,20H,4H2,1-3H3. The lowest BCUT2D eigenvalue weighted by molar-refractivity contribution is 0.876. The van der Waals surface area contributed by atoms with Crippen molar-refractivity contribution in [1.82, 2.24) is 0 Å². The minimum Gasteiger partial charge on any atom is -0.378 e. The first-order valence-electron chi connectivity index (χ1n) is 7.00. The van der Waals surface area contributed by atoms with E-state index in [-0.39, 0.29) is 6.04 Å². The van der Waals surface area contributed by atoms with E-state index in [4.69, 9.17) is 5.26 Å². The van der Waals surface area contributed by atoms with Crippen molar-refractivity contribution in [2.24, 2.45) is 0 Å². The van der Waals surface area contributed by atoms with Gasteiger partial charge in [-0.1, -0.05) is 37.3 Å². The number of nitriles is 1. The summed E-state index contributed by atoms with van der Waals surface area (Å²) in [6, 6.07) is 16.5. The first kappa shape index (κ1) is 14.1. The third kappa shape index (κ3) is 3.00. The van der Waals surface area contributed by atoms with Crippen molar-refractivity contribution in [1.29, 1.82) is 5.26 Å². The molecule has 2 heteroatoms. The molecule has 0 bridgehead atoms. The third-order valence-corrected chi connectivity index (χ3v) is 3.62. The second-order valence-electron chi connectivity index (χ2n) is 5.07. The molecule has 2 aromatic rings. The summed E-state index contributed by atoms with van der Waals surface area (Å²) in [6.45, 7) is 6.42. The van der Waals surface area contributed by atoms with Crippen LogP contribution >= 0.6 is 0 Å². The van der Waals surface area contributed by atoms with Gasteiger partial charge in [-0.05, 0) is 49.1 Å². The minimum atomic E-state index is 0.176. The summed E-state index contributed by atoms with van der Waals surface area (Å²) in [7, 11) is 0. The van der Waals surface area contributed by atoms with Crippen molar-refractivity contribution in [3.05, 3.63) is 64.7 Å². The van der Waals surface area contributed by atoms with E-state index in [1.54, 1.807) is 0 Å². The van der Waals surface area contributed by atoms with E-state index in [1.807, 2.05) is 18.2 Å². The van der Waals surface area contributed by atoms with E-state index >= 15 is 0 Å². The van der Waals surface area contributed by atoms with Crippen LogP contribution in [0.5, 0.6) is 0 Å². The number of rotatable bonds is 4. The van der Waals surface area contributed by atoms with Crippen LogP contribution in [0.4, 0.5) is 5.69 Å². The molecule has 0 aliphatic carbocycles. The molecule has 0 aliphatic heterocycles. The Morgan fingerprint density at radius 1 is 1.20 bits per heavy atom. The topological polar surface area (TPSA) is 35.8 Å². The molecular weight excluding hydrogens is 244 g/mol. The van der Waals surface area contributed by atoms with E-state index in [0.717, 1.165) is 12.0 Å². The number of hydrogen-bond acceptors (Lipinski definition) is 2. The number of para-hydroxylation sites is 1. The Hall–Kier alpha value is -2.27.